The second kappa shape index (κ2) is 6.22. The van der Waals surface area contributed by atoms with Gasteiger partial charge in [-0.2, -0.15) is 0 Å². The maximum absolute atomic E-state index is 11.6. The average molecular weight is 344 g/mol. The van der Waals surface area contributed by atoms with Crippen LogP contribution in [-0.4, -0.2) is 30.9 Å². The third-order valence-corrected chi connectivity index (χ3v) is 5.20. The highest BCUT2D eigenvalue weighted by Gasteiger charge is 2.14. The Morgan fingerprint density at radius 3 is 2.17 bits per heavy atom. The van der Waals surface area contributed by atoms with E-state index < -0.39 is 9.84 Å². The van der Waals surface area contributed by atoms with Crippen molar-refractivity contribution >= 4 is 21.6 Å². The molecule has 4 nitrogen and oxygen atoms in total. The Kier molecular flexibility index (Phi) is 4.28. The molecule has 0 fully saturated rings. The van der Waals surface area contributed by atoms with Gasteiger partial charge in [-0.25, -0.2) is 13.4 Å². The van der Waals surface area contributed by atoms with Gasteiger partial charge in [0.2, 0.25) is 0 Å². The molecule has 3 aromatic rings. The number of thioether (sulfide) groups is 1. The summed E-state index contributed by atoms with van der Waals surface area (Å²) < 4.78 is 23.2. The number of sulfone groups is 1. The van der Waals surface area contributed by atoms with Gasteiger partial charge in [0.05, 0.1) is 16.3 Å². The summed E-state index contributed by atoms with van der Waals surface area (Å²) in [5, 5.41) is 0.825. The first kappa shape index (κ1) is 15.8. The number of hydrogen-bond acceptors (Lipinski definition) is 4. The van der Waals surface area contributed by atoms with E-state index in [-0.39, 0.29) is 0 Å². The molecule has 0 spiro atoms. The van der Waals surface area contributed by atoms with Crippen molar-refractivity contribution in [3.05, 3.63) is 54.6 Å². The van der Waals surface area contributed by atoms with Crippen molar-refractivity contribution in [1.29, 1.82) is 0 Å². The van der Waals surface area contributed by atoms with Crippen molar-refractivity contribution in [2.24, 2.45) is 0 Å². The third-order valence-electron chi connectivity index (χ3n) is 3.49. The monoisotopic (exact) mass is 344 g/mol. The van der Waals surface area contributed by atoms with E-state index >= 15 is 0 Å². The first-order valence-corrected chi connectivity index (χ1v) is 10.1. The van der Waals surface area contributed by atoms with E-state index in [1.54, 1.807) is 24.3 Å². The minimum Gasteiger partial charge on any atom is -0.332 e. The molecule has 0 saturated heterocycles. The summed E-state index contributed by atoms with van der Waals surface area (Å²) in [5.74, 6) is 0. The van der Waals surface area contributed by atoms with Gasteiger partial charge in [-0.3, -0.25) is 0 Å². The van der Waals surface area contributed by atoms with Crippen LogP contribution >= 0.6 is 11.8 Å². The number of nitrogens with zero attached hydrogens (tertiary/aromatic N) is 1. The fraction of sp³-hybridized carbons (Fsp3) is 0.118. The number of rotatable bonds is 4. The number of H-pyrrole nitrogens is 1. The Morgan fingerprint density at radius 2 is 1.61 bits per heavy atom. The number of aromatic nitrogens is 2. The second-order valence-electron chi connectivity index (χ2n) is 5.13. The zero-order chi connectivity index (χ0) is 16.4. The SMILES string of the molecule is CSc1nc(-c2ccccc2)c(-c2ccc(S(C)(=O)=O)cc2)[nH]1. The lowest BCUT2D eigenvalue weighted by molar-refractivity contribution is 0.602. The van der Waals surface area contributed by atoms with E-state index in [0.717, 1.165) is 27.7 Å². The van der Waals surface area contributed by atoms with E-state index in [1.165, 1.54) is 18.0 Å². The Balaban J connectivity index is 2.11. The van der Waals surface area contributed by atoms with Crippen molar-refractivity contribution in [3.8, 4) is 22.5 Å². The molecule has 3 rings (SSSR count). The van der Waals surface area contributed by atoms with Gasteiger partial charge in [0.15, 0.2) is 15.0 Å². The average Bonchev–Trinajstić information content (AvgIpc) is 2.99. The molecular formula is C17H16N2O2S2. The molecule has 1 heterocycles. The number of imidazole rings is 1. The van der Waals surface area contributed by atoms with Gasteiger partial charge in [-0.05, 0) is 18.4 Å². The van der Waals surface area contributed by atoms with Gasteiger partial charge in [-0.15, -0.1) is 0 Å². The number of aromatic amines is 1. The second-order valence-corrected chi connectivity index (χ2v) is 7.94. The Labute approximate surface area is 139 Å². The molecule has 0 saturated carbocycles. The lowest BCUT2D eigenvalue weighted by Gasteiger charge is -2.04. The molecular weight excluding hydrogens is 328 g/mol. The zero-order valence-corrected chi connectivity index (χ0v) is 14.4. The van der Waals surface area contributed by atoms with E-state index in [1.807, 2.05) is 36.6 Å². The third kappa shape index (κ3) is 3.33. The largest absolute Gasteiger partial charge is 0.332 e. The van der Waals surface area contributed by atoms with E-state index in [4.69, 9.17) is 0 Å². The predicted molar refractivity (Wildman–Crippen MR) is 94.4 cm³/mol. The van der Waals surface area contributed by atoms with E-state index in [0.29, 0.717) is 4.90 Å². The maximum atomic E-state index is 11.6. The topological polar surface area (TPSA) is 62.8 Å². The summed E-state index contributed by atoms with van der Waals surface area (Å²) in [5.41, 5.74) is 3.68. The van der Waals surface area contributed by atoms with Crippen LogP contribution in [0.1, 0.15) is 0 Å². The van der Waals surface area contributed by atoms with Gasteiger partial charge >= 0.3 is 0 Å². The van der Waals surface area contributed by atoms with Crippen LogP contribution in [-0.2, 0) is 9.84 Å². The maximum Gasteiger partial charge on any atom is 0.175 e. The molecule has 6 heteroatoms. The molecule has 1 N–H and O–H groups in total. The summed E-state index contributed by atoms with van der Waals surface area (Å²) in [6.45, 7) is 0. The van der Waals surface area contributed by atoms with Crippen molar-refractivity contribution in [2.75, 3.05) is 12.5 Å². The van der Waals surface area contributed by atoms with Gasteiger partial charge in [-0.1, -0.05) is 54.2 Å². The fourth-order valence-corrected chi connectivity index (χ4v) is 3.35. The highest BCUT2D eigenvalue weighted by molar-refractivity contribution is 7.98. The van der Waals surface area contributed by atoms with Crippen LogP contribution in [0.2, 0.25) is 0 Å². The first-order chi connectivity index (χ1) is 11.0. The molecule has 1 aromatic heterocycles. The highest BCUT2D eigenvalue weighted by atomic mass is 32.2. The molecule has 0 aliphatic heterocycles. The van der Waals surface area contributed by atoms with Crippen molar-refractivity contribution in [2.45, 2.75) is 10.1 Å². The normalized spacial score (nSPS) is 11.6. The molecule has 118 valence electrons. The van der Waals surface area contributed by atoms with E-state index in [2.05, 4.69) is 9.97 Å². The molecule has 0 atom stereocenters. The van der Waals surface area contributed by atoms with Crippen molar-refractivity contribution < 1.29 is 8.42 Å². The van der Waals surface area contributed by atoms with Gasteiger partial charge in [0.25, 0.3) is 0 Å². The Hall–Kier alpha value is -2.05. The summed E-state index contributed by atoms with van der Waals surface area (Å²) >= 11 is 1.54. The molecule has 0 unspecified atom stereocenters. The lowest BCUT2D eigenvalue weighted by atomic mass is 10.1. The molecule has 0 amide bonds. The number of benzene rings is 2. The highest BCUT2D eigenvalue weighted by Crippen LogP contribution is 2.32. The molecule has 0 radical (unpaired) electrons. The van der Waals surface area contributed by atoms with Gasteiger partial charge in [0.1, 0.15) is 0 Å². The predicted octanol–water partition coefficient (Wildman–Crippen LogP) is 3.87. The van der Waals surface area contributed by atoms with Gasteiger partial charge < -0.3 is 4.98 Å². The smallest absolute Gasteiger partial charge is 0.175 e. The fourth-order valence-electron chi connectivity index (χ4n) is 2.33. The van der Waals surface area contributed by atoms with E-state index in [9.17, 15) is 8.42 Å². The van der Waals surface area contributed by atoms with Crippen LogP contribution in [0.25, 0.3) is 22.5 Å². The van der Waals surface area contributed by atoms with Crippen LogP contribution in [0.15, 0.2) is 64.6 Å². The standard InChI is InChI=1S/C17H16N2O2S2/c1-22-17-18-15(12-6-4-3-5-7-12)16(19-17)13-8-10-14(11-9-13)23(2,20)21/h3-11H,1-2H3,(H,18,19). The molecule has 23 heavy (non-hydrogen) atoms. The summed E-state index contributed by atoms with van der Waals surface area (Å²) in [6, 6.07) is 16.8. The molecule has 0 bridgehead atoms. The van der Waals surface area contributed by atoms with Gasteiger partial charge in [0, 0.05) is 17.4 Å². The lowest BCUT2D eigenvalue weighted by Crippen LogP contribution is -1.96. The Morgan fingerprint density at radius 1 is 0.957 bits per heavy atom. The Bertz CT molecular complexity index is 915. The summed E-state index contributed by atoms with van der Waals surface area (Å²) in [4.78, 5) is 8.25. The molecule has 0 aliphatic carbocycles. The molecule has 2 aromatic carbocycles. The summed E-state index contributed by atoms with van der Waals surface area (Å²) in [7, 11) is -3.19. The number of hydrogen-bond donors (Lipinski definition) is 1. The summed E-state index contributed by atoms with van der Waals surface area (Å²) in [6.07, 6.45) is 3.17. The van der Waals surface area contributed by atoms with Crippen LogP contribution in [0.4, 0.5) is 0 Å². The number of nitrogens with one attached hydrogen (secondary N) is 1. The van der Waals surface area contributed by atoms with Crippen LogP contribution < -0.4 is 0 Å². The molecule has 0 aliphatic rings. The van der Waals surface area contributed by atoms with Crippen LogP contribution in [0.5, 0.6) is 0 Å². The van der Waals surface area contributed by atoms with Crippen LogP contribution in [0, 0.1) is 0 Å². The quantitative estimate of drug-likeness (QED) is 0.730. The van der Waals surface area contributed by atoms with Crippen molar-refractivity contribution in [3.63, 3.8) is 0 Å². The zero-order valence-electron chi connectivity index (χ0n) is 12.8. The first-order valence-electron chi connectivity index (χ1n) is 6.99. The minimum absolute atomic E-state index is 0.312. The minimum atomic E-state index is -3.19. The van der Waals surface area contributed by atoms with Crippen molar-refractivity contribution in [1.82, 2.24) is 9.97 Å². The van der Waals surface area contributed by atoms with Crippen LogP contribution in [0.3, 0.4) is 0 Å².